The number of hydrogen-bond donors (Lipinski definition) is 1. The van der Waals surface area contributed by atoms with Gasteiger partial charge in [-0.2, -0.15) is 5.10 Å². The zero-order chi connectivity index (χ0) is 19.9. The molecule has 1 amide bonds. The molecule has 0 saturated carbocycles. The topological polar surface area (TPSA) is 50.7 Å². The van der Waals surface area contributed by atoms with Crippen LogP contribution >= 0.6 is 11.6 Å². The summed E-state index contributed by atoms with van der Waals surface area (Å²) in [6.07, 6.45) is 1.47. The number of carbonyl (C=O) groups is 1. The molecule has 0 radical (unpaired) electrons. The second-order valence-electron chi connectivity index (χ2n) is 5.80. The molecule has 0 aliphatic carbocycles. The van der Waals surface area contributed by atoms with E-state index in [0.29, 0.717) is 21.9 Å². The molecule has 0 saturated heterocycles. The normalized spacial score (nSPS) is 10.8. The molecule has 0 aliphatic heterocycles. The second-order valence-corrected chi connectivity index (χ2v) is 6.21. The van der Waals surface area contributed by atoms with E-state index in [2.05, 4.69) is 10.5 Å². The summed E-state index contributed by atoms with van der Waals surface area (Å²) in [5.41, 5.74) is 4.10. The van der Waals surface area contributed by atoms with Crippen LogP contribution in [0.1, 0.15) is 21.5 Å². The molecule has 28 heavy (non-hydrogen) atoms. The van der Waals surface area contributed by atoms with Gasteiger partial charge in [0.2, 0.25) is 0 Å². The third kappa shape index (κ3) is 5.37. The minimum atomic E-state index is -0.438. The summed E-state index contributed by atoms with van der Waals surface area (Å²) < 4.78 is 31.5. The van der Waals surface area contributed by atoms with Gasteiger partial charge in [0.05, 0.1) is 11.2 Å². The van der Waals surface area contributed by atoms with Gasteiger partial charge in [0, 0.05) is 11.1 Å². The Kier molecular flexibility index (Phi) is 6.34. The predicted molar refractivity (Wildman–Crippen MR) is 104 cm³/mol. The first-order chi connectivity index (χ1) is 13.5. The van der Waals surface area contributed by atoms with E-state index in [1.54, 1.807) is 30.3 Å². The van der Waals surface area contributed by atoms with Crippen molar-refractivity contribution in [3.63, 3.8) is 0 Å². The Morgan fingerprint density at radius 1 is 1.00 bits per heavy atom. The van der Waals surface area contributed by atoms with Crippen LogP contribution in [0.2, 0.25) is 5.02 Å². The van der Waals surface area contributed by atoms with Gasteiger partial charge in [0.25, 0.3) is 5.91 Å². The molecule has 0 fully saturated rings. The number of hydrogen-bond acceptors (Lipinski definition) is 3. The second kappa shape index (κ2) is 9.10. The van der Waals surface area contributed by atoms with Crippen molar-refractivity contribution in [2.24, 2.45) is 5.10 Å². The first-order valence-electron chi connectivity index (χ1n) is 8.27. The molecule has 3 aromatic carbocycles. The van der Waals surface area contributed by atoms with Crippen molar-refractivity contribution in [2.45, 2.75) is 6.61 Å². The lowest BCUT2D eigenvalue weighted by atomic mass is 10.2. The summed E-state index contributed by atoms with van der Waals surface area (Å²) >= 11 is 5.97. The van der Waals surface area contributed by atoms with E-state index in [-0.39, 0.29) is 6.61 Å². The molecule has 142 valence electrons. The van der Waals surface area contributed by atoms with E-state index in [1.165, 1.54) is 42.6 Å². The van der Waals surface area contributed by atoms with E-state index in [0.717, 1.165) is 5.56 Å². The maximum Gasteiger partial charge on any atom is 0.271 e. The molecule has 0 spiro atoms. The first-order valence-corrected chi connectivity index (χ1v) is 8.65. The molecule has 3 aromatic rings. The Balaban J connectivity index is 1.53. The predicted octanol–water partition coefficient (Wildman–Crippen LogP) is 4.96. The van der Waals surface area contributed by atoms with Crippen LogP contribution in [0.5, 0.6) is 5.75 Å². The van der Waals surface area contributed by atoms with E-state index in [4.69, 9.17) is 16.3 Å². The highest BCUT2D eigenvalue weighted by molar-refractivity contribution is 6.31. The van der Waals surface area contributed by atoms with Gasteiger partial charge in [-0.05, 0) is 66.2 Å². The monoisotopic (exact) mass is 400 g/mol. The number of rotatable bonds is 6. The molecule has 0 heterocycles. The number of hydrazone groups is 1. The molecule has 4 nitrogen and oxygen atoms in total. The van der Waals surface area contributed by atoms with Gasteiger partial charge in [-0.3, -0.25) is 4.79 Å². The molecule has 0 bridgehead atoms. The molecule has 0 aliphatic rings. The van der Waals surface area contributed by atoms with Gasteiger partial charge in [0.1, 0.15) is 24.0 Å². The third-order valence-corrected chi connectivity index (χ3v) is 4.13. The zero-order valence-electron chi connectivity index (χ0n) is 14.5. The SMILES string of the molecule is O=C(NN=Cc1ccc(OCc2ccc(F)cc2Cl)cc1)c1ccc(F)cc1. The highest BCUT2D eigenvalue weighted by atomic mass is 35.5. The van der Waals surface area contributed by atoms with Crippen molar-refractivity contribution in [2.75, 3.05) is 0 Å². The summed E-state index contributed by atoms with van der Waals surface area (Å²) in [6, 6.07) is 16.3. The molecule has 7 heteroatoms. The number of ether oxygens (including phenoxy) is 1. The van der Waals surface area contributed by atoms with Gasteiger partial charge < -0.3 is 4.74 Å². The number of amides is 1. The third-order valence-electron chi connectivity index (χ3n) is 3.78. The Labute approximate surface area is 165 Å². The fourth-order valence-electron chi connectivity index (χ4n) is 2.28. The van der Waals surface area contributed by atoms with E-state index in [1.807, 2.05) is 0 Å². The molecular weight excluding hydrogens is 386 g/mol. The van der Waals surface area contributed by atoms with Crippen molar-refractivity contribution < 1.29 is 18.3 Å². The minimum Gasteiger partial charge on any atom is -0.489 e. The molecule has 3 rings (SSSR count). The number of halogens is 3. The summed E-state index contributed by atoms with van der Waals surface area (Å²) in [4.78, 5) is 11.9. The Bertz CT molecular complexity index is 990. The molecule has 0 unspecified atom stereocenters. The number of benzene rings is 3. The van der Waals surface area contributed by atoms with Gasteiger partial charge in [-0.15, -0.1) is 0 Å². The molecule has 0 atom stereocenters. The van der Waals surface area contributed by atoms with Crippen LogP contribution in [-0.4, -0.2) is 12.1 Å². The van der Waals surface area contributed by atoms with Crippen LogP contribution in [0, 0.1) is 11.6 Å². The van der Waals surface area contributed by atoms with Gasteiger partial charge in [0.15, 0.2) is 0 Å². The highest BCUT2D eigenvalue weighted by Crippen LogP contribution is 2.20. The van der Waals surface area contributed by atoms with E-state index < -0.39 is 17.5 Å². The minimum absolute atomic E-state index is 0.209. The average molecular weight is 401 g/mol. The number of carbonyl (C=O) groups excluding carboxylic acids is 1. The first kappa shape index (κ1) is 19.5. The van der Waals surface area contributed by atoms with Crippen molar-refractivity contribution in [1.82, 2.24) is 5.43 Å². The van der Waals surface area contributed by atoms with Crippen molar-refractivity contribution in [3.05, 3.63) is 100 Å². The molecular formula is C21H15ClF2N2O2. The summed E-state index contributed by atoms with van der Waals surface area (Å²) in [5, 5.41) is 4.18. The maximum atomic E-state index is 13.0. The summed E-state index contributed by atoms with van der Waals surface area (Å²) in [6.45, 7) is 0.209. The lowest BCUT2D eigenvalue weighted by Crippen LogP contribution is -2.17. The average Bonchev–Trinajstić information content (AvgIpc) is 2.69. The standard InChI is InChI=1S/C21H15ClF2N2O2/c22-20-11-18(24)8-5-16(20)13-28-19-9-1-14(2-10-19)12-25-26-21(27)15-3-6-17(23)7-4-15/h1-12H,13H2,(H,26,27). The van der Waals surface area contributed by atoms with Crippen LogP contribution in [0.4, 0.5) is 8.78 Å². The van der Waals surface area contributed by atoms with Gasteiger partial charge >= 0.3 is 0 Å². The summed E-state index contributed by atoms with van der Waals surface area (Å²) in [7, 11) is 0. The van der Waals surface area contributed by atoms with Crippen LogP contribution < -0.4 is 10.2 Å². The van der Waals surface area contributed by atoms with Crippen LogP contribution in [0.25, 0.3) is 0 Å². The van der Waals surface area contributed by atoms with Crippen molar-refractivity contribution in [1.29, 1.82) is 0 Å². The lowest BCUT2D eigenvalue weighted by Gasteiger charge is -2.08. The van der Waals surface area contributed by atoms with E-state index in [9.17, 15) is 13.6 Å². The zero-order valence-corrected chi connectivity index (χ0v) is 15.3. The Morgan fingerprint density at radius 2 is 1.68 bits per heavy atom. The van der Waals surface area contributed by atoms with Crippen LogP contribution in [-0.2, 0) is 6.61 Å². The number of nitrogens with one attached hydrogen (secondary N) is 1. The van der Waals surface area contributed by atoms with Crippen molar-refractivity contribution >= 4 is 23.7 Å². The fraction of sp³-hybridized carbons (Fsp3) is 0.0476. The Hall–Kier alpha value is -3.25. The highest BCUT2D eigenvalue weighted by Gasteiger charge is 2.04. The smallest absolute Gasteiger partial charge is 0.271 e. The maximum absolute atomic E-state index is 13.0. The van der Waals surface area contributed by atoms with Crippen LogP contribution in [0.3, 0.4) is 0 Å². The lowest BCUT2D eigenvalue weighted by molar-refractivity contribution is 0.0955. The fourth-order valence-corrected chi connectivity index (χ4v) is 2.50. The largest absolute Gasteiger partial charge is 0.489 e. The quantitative estimate of drug-likeness (QED) is 0.469. The summed E-state index contributed by atoms with van der Waals surface area (Å²) in [5.74, 6) is -0.645. The molecule has 0 aromatic heterocycles. The van der Waals surface area contributed by atoms with Gasteiger partial charge in [-0.1, -0.05) is 17.7 Å². The Morgan fingerprint density at radius 3 is 2.36 bits per heavy atom. The number of nitrogens with zero attached hydrogens (tertiary/aromatic N) is 1. The van der Waals surface area contributed by atoms with Crippen LogP contribution in [0.15, 0.2) is 71.8 Å². The molecule has 1 N–H and O–H groups in total. The van der Waals surface area contributed by atoms with E-state index >= 15 is 0 Å². The van der Waals surface area contributed by atoms with Gasteiger partial charge in [-0.25, -0.2) is 14.2 Å². The van der Waals surface area contributed by atoms with Crippen molar-refractivity contribution in [3.8, 4) is 5.75 Å².